The summed E-state index contributed by atoms with van der Waals surface area (Å²) in [4.78, 5) is 6.41. The van der Waals surface area contributed by atoms with Gasteiger partial charge < -0.3 is 10.6 Å². The quantitative estimate of drug-likeness (QED) is 0.425. The lowest BCUT2D eigenvalue weighted by Gasteiger charge is -2.27. The van der Waals surface area contributed by atoms with Gasteiger partial charge in [-0.05, 0) is 6.42 Å². The van der Waals surface area contributed by atoms with E-state index in [0.29, 0.717) is 32.0 Å². The van der Waals surface area contributed by atoms with Crippen LogP contribution in [0.2, 0.25) is 0 Å². The van der Waals surface area contributed by atoms with Crippen molar-refractivity contribution in [2.75, 3.05) is 50.5 Å². The van der Waals surface area contributed by atoms with E-state index in [9.17, 15) is 8.42 Å². The Bertz CT molecular complexity index is 391. The molecule has 1 aliphatic rings. The van der Waals surface area contributed by atoms with E-state index in [2.05, 4.69) is 9.89 Å². The molecule has 112 valence electrons. The number of nitrogens with zero attached hydrogens (tertiary/aromatic N) is 3. The molecule has 0 aromatic heterocycles. The smallest absolute Gasteiger partial charge is 0.211 e. The van der Waals surface area contributed by atoms with Crippen molar-refractivity contribution >= 4 is 27.7 Å². The Morgan fingerprint density at radius 2 is 2.05 bits per heavy atom. The first-order chi connectivity index (χ1) is 8.95. The number of hydrogen-bond donors (Lipinski definition) is 1. The Hall–Kier alpha value is -0.470. The van der Waals surface area contributed by atoms with Crippen LogP contribution in [-0.2, 0) is 10.0 Å². The van der Waals surface area contributed by atoms with Crippen LogP contribution in [0.1, 0.15) is 13.3 Å². The van der Waals surface area contributed by atoms with Gasteiger partial charge in [-0.1, -0.05) is 6.92 Å². The number of guanidine groups is 1. The molecule has 1 saturated heterocycles. The number of hydrogen-bond acceptors (Lipinski definition) is 4. The van der Waals surface area contributed by atoms with Crippen LogP contribution in [0.3, 0.4) is 0 Å². The summed E-state index contributed by atoms with van der Waals surface area (Å²) in [5, 5.41) is 0. The Balaban J connectivity index is 2.32. The number of aliphatic imine (C=N–C) groups is 1. The van der Waals surface area contributed by atoms with Gasteiger partial charge in [0.1, 0.15) is 0 Å². The minimum atomic E-state index is -3.10. The van der Waals surface area contributed by atoms with Crippen LogP contribution in [0.4, 0.5) is 0 Å². The first-order valence-electron chi connectivity index (χ1n) is 6.53. The molecule has 0 spiro atoms. The molecular formula is C11H24N4O2S2. The van der Waals surface area contributed by atoms with Gasteiger partial charge in [0.15, 0.2) is 5.96 Å². The normalized spacial score (nSPS) is 18.1. The molecule has 0 atom stereocenters. The first-order valence-corrected chi connectivity index (χ1v) is 9.53. The first kappa shape index (κ1) is 16.6. The third-order valence-corrected chi connectivity index (χ3v) is 5.32. The zero-order chi connectivity index (χ0) is 14.3. The fraction of sp³-hybridized carbons (Fsp3) is 0.909. The standard InChI is InChI=1S/C11H24N4O2S2/c1-3-15(19(2,16)17)6-4-5-13-11(12)14-7-9-18-10-8-14/h3-10H2,1-2H3,(H2,12,13). The summed E-state index contributed by atoms with van der Waals surface area (Å²) in [7, 11) is -3.10. The van der Waals surface area contributed by atoms with Crippen molar-refractivity contribution < 1.29 is 8.42 Å². The van der Waals surface area contributed by atoms with E-state index in [1.165, 1.54) is 10.6 Å². The molecule has 1 heterocycles. The van der Waals surface area contributed by atoms with E-state index >= 15 is 0 Å². The van der Waals surface area contributed by atoms with Gasteiger partial charge >= 0.3 is 0 Å². The molecule has 1 rings (SSSR count). The molecule has 0 aromatic carbocycles. The maximum absolute atomic E-state index is 11.4. The van der Waals surface area contributed by atoms with Gasteiger partial charge in [-0.25, -0.2) is 12.7 Å². The maximum Gasteiger partial charge on any atom is 0.211 e. The predicted molar refractivity (Wildman–Crippen MR) is 82.1 cm³/mol. The van der Waals surface area contributed by atoms with Gasteiger partial charge in [-0.15, -0.1) is 0 Å². The minimum absolute atomic E-state index is 0.501. The SMILES string of the molecule is CCN(CCCN=C(N)N1CCSCC1)S(C)(=O)=O. The highest BCUT2D eigenvalue weighted by Gasteiger charge is 2.14. The monoisotopic (exact) mass is 308 g/mol. The molecule has 0 radical (unpaired) electrons. The molecule has 19 heavy (non-hydrogen) atoms. The Kier molecular flexibility index (Phi) is 6.95. The average molecular weight is 308 g/mol. The molecule has 1 fully saturated rings. The lowest BCUT2D eigenvalue weighted by atomic mass is 10.4. The summed E-state index contributed by atoms with van der Waals surface area (Å²) in [6.07, 6.45) is 1.93. The average Bonchev–Trinajstić information content (AvgIpc) is 2.38. The van der Waals surface area contributed by atoms with Crippen molar-refractivity contribution in [1.29, 1.82) is 0 Å². The van der Waals surface area contributed by atoms with E-state index in [1.807, 2.05) is 18.7 Å². The fourth-order valence-electron chi connectivity index (χ4n) is 1.89. The van der Waals surface area contributed by atoms with E-state index in [1.54, 1.807) is 0 Å². The van der Waals surface area contributed by atoms with Gasteiger partial charge in [0.05, 0.1) is 6.26 Å². The van der Waals surface area contributed by atoms with Gasteiger partial charge in [-0.3, -0.25) is 4.99 Å². The second-order valence-corrected chi connectivity index (χ2v) is 7.65. The molecule has 8 heteroatoms. The summed E-state index contributed by atoms with van der Waals surface area (Å²) in [5.74, 6) is 2.77. The molecule has 0 aliphatic carbocycles. The third-order valence-electron chi connectivity index (χ3n) is 3.00. The third kappa shape index (κ3) is 6.01. The fourth-order valence-corrected chi connectivity index (χ4v) is 3.72. The molecule has 2 N–H and O–H groups in total. The largest absolute Gasteiger partial charge is 0.370 e. The molecular weight excluding hydrogens is 284 g/mol. The van der Waals surface area contributed by atoms with Crippen LogP contribution in [0.25, 0.3) is 0 Å². The summed E-state index contributed by atoms with van der Waals surface area (Å²) < 4.78 is 24.2. The van der Waals surface area contributed by atoms with E-state index in [0.717, 1.165) is 24.6 Å². The maximum atomic E-state index is 11.4. The second kappa shape index (κ2) is 7.96. The van der Waals surface area contributed by atoms with Crippen molar-refractivity contribution in [1.82, 2.24) is 9.21 Å². The molecule has 1 aliphatic heterocycles. The van der Waals surface area contributed by atoms with Gasteiger partial charge in [0.2, 0.25) is 10.0 Å². The van der Waals surface area contributed by atoms with Crippen molar-refractivity contribution in [2.45, 2.75) is 13.3 Å². The molecule has 0 aromatic rings. The second-order valence-electron chi connectivity index (χ2n) is 4.45. The zero-order valence-corrected chi connectivity index (χ0v) is 13.3. The topological polar surface area (TPSA) is 79.0 Å². The number of thioether (sulfide) groups is 1. The Morgan fingerprint density at radius 3 is 2.58 bits per heavy atom. The van der Waals surface area contributed by atoms with Crippen LogP contribution >= 0.6 is 11.8 Å². The van der Waals surface area contributed by atoms with Gasteiger partial charge in [0.25, 0.3) is 0 Å². The predicted octanol–water partition coefficient (Wildman–Crippen LogP) is 0.0215. The van der Waals surface area contributed by atoms with Crippen molar-refractivity contribution in [3.63, 3.8) is 0 Å². The van der Waals surface area contributed by atoms with Crippen molar-refractivity contribution in [3.8, 4) is 0 Å². The highest BCUT2D eigenvalue weighted by Crippen LogP contribution is 2.08. The van der Waals surface area contributed by atoms with E-state index in [-0.39, 0.29) is 0 Å². The Labute approximate surface area is 120 Å². The van der Waals surface area contributed by atoms with E-state index in [4.69, 9.17) is 5.73 Å². The Morgan fingerprint density at radius 1 is 1.42 bits per heavy atom. The molecule has 0 saturated carbocycles. The molecule has 0 unspecified atom stereocenters. The number of sulfonamides is 1. The summed E-state index contributed by atoms with van der Waals surface area (Å²) >= 11 is 1.93. The van der Waals surface area contributed by atoms with Crippen LogP contribution < -0.4 is 5.73 Å². The van der Waals surface area contributed by atoms with Crippen LogP contribution in [0.15, 0.2) is 4.99 Å². The van der Waals surface area contributed by atoms with Crippen molar-refractivity contribution in [2.24, 2.45) is 10.7 Å². The lowest BCUT2D eigenvalue weighted by molar-refractivity contribution is 0.424. The number of nitrogens with two attached hydrogens (primary N) is 1. The summed E-state index contributed by atoms with van der Waals surface area (Å²) in [6, 6.07) is 0. The van der Waals surface area contributed by atoms with Gasteiger partial charge in [0, 0.05) is 44.2 Å². The zero-order valence-electron chi connectivity index (χ0n) is 11.7. The minimum Gasteiger partial charge on any atom is -0.370 e. The molecule has 0 amide bonds. The highest BCUT2D eigenvalue weighted by atomic mass is 32.2. The summed E-state index contributed by atoms with van der Waals surface area (Å²) in [6.45, 7) is 5.31. The number of rotatable bonds is 6. The summed E-state index contributed by atoms with van der Waals surface area (Å²) in [5.41, 5.74) is 5.92. The van der Waals surface area contributed by atoms with Crippen LogP contribution in [0, 0.1) is 0 Å². The van der Waals surface area contributed by atoms with Crippen LogP contribution in [-0.4, -0.2) is 74.1 Å². The van der Waals surface area contributed by atoms with Gasteiger partial charge in [-0.2, -0.15) is 11.8 Å². The molecule has 6 nitrogen and oxygen atoms in total. The van der Waals surface area contributed by atoms with Crippen LogP contribution in [0.5, 0.6) is 0 Å². The van der Waals surface area contributed by atoms with Crippen molar-refractivity contribution in [3.05, 3.63) is 0 Å². The lowest BCUT2D eigenvalue weighted by Crippen LogP contribution is -2.42. The molecule has 0 bridgehead atoms. The highest BCUT2D eigenvalue weighted by molar-refractivity contribution is 7.99. The van der Waals surface area contributed by atoms with E-state index < -0.39 is 10.0 Å².